The van der Waals surface area contributed by atoms with Gasteiger partial charge in [0, 0.05) is 33.6 Å². The highest BCUT2D eigenvalue weighted by Gasteiger charge is 2.45. The van der Waals surface area contributed by atoms with E-state index in [1.807, 2.05) is 0 Å². The third kappa shape index (κ3) is 4.15. The predicted octanol–water partition coefficient (Wildman–Crippen LogP) is -0.326. The van der Waals surface area contributed by atoms with Crippen molar-refractivity contribution in [2.75, 3.05) is 46.7 Å². The maximum Gasteiger partial charge on any atom is 0.248 e. The van der Waals surface area contributed by atoms with E-state index >= 15 is 0 Å². The smallest absolute Gasteiger partial charge is 0.248 e. The molecule has 0 unspecified atom stereocenters. The second-order valence-electron chi connectivity index (χ2n) is 6.12. The molecular weight excluding hydrogens is 296 g/mol. The van der Waals surface area contributed by atoms with Crippen LogP contribution in [0.15, 0.2) is 0 Å². The second-order valence-corrected chi connectivity index (χ2v) is 8.10. The van der Waals surface area contributed by atoms with Gasteiger partial charge in [-0.15, -0.1) is 0 Å². The van der Waals surface area contributed by atoms with E-state index in [1.165, 1.54) is 15.5 Å². The maximum absolute atomic E-state index is 11.7. The topological polar surface area (TPSA) is 76.2 Å². The first-order chi connectivity index (χ1) is 9.72. The van der Waals surface area contributed by atoms with Gasteiger partial charge in [0.25, 0.3) is 0 Å². The molecule has 2 saturated heterocycles. The molecule has 0 aromatic carbocycles. The summed E-state index contributed by atoms with van der Waals surface area (Å²) in [6, 6.07) is 0. The molecule has 0 radical (unpaired) electrons. The van der Waals surface area contributed by atoms with Crippen LogP contribution in [0.2, 0.25) is 0 Å². The van der Waals surface area contributed by atoms with Crippen molar-refractivity contribution in [3.63, 3.8) is 0 Å². The number of sulfonamides is 1. The Bertz CT molecular complexity index is 493. The number of hydrogen-bond acceptors (Lipinski definition) is 5. The summed E-state index contributed by atoms with van der Waals surface area (Å²) >= 11 is 0. The van der Waals surface area contributed by atoms with Gasteiger partial charge in [0.2, 0.25) is 15.9 Å². The summed E-state index contributed by atoms with van der Waals surface area (Å²) < 4.78 is 36.3. The van der Waals surface area contributed by atoms with Gasteiger partial charge in [-0.25, -0.2) is 8.42 Å². The van der Waals surface area contributed by atoms with Gasteiger partial charge in [0.15, 0.2) is 0 Å². The van der Waals surface area contributed by atoms with E-state index in [4.69, 9.17) is 9.47 Å². The van der Waals surface area contributed by atoms with E-state index < -0.39 is 15.6 Å². The highest BCUT2D eigenvalue weighted by Crippen LogP contribution is 2.36. The normalized spacial score (nSPS) is 30.7. The van der Waals surface area contributed by atoms with Crippen LogP contribution in [-0.2, 0) is 24.3 Å². The molecule has 21 heavy (non-hydrogen) atoms. The van der Waals surface area contributed by atoms with Crippen LogP contribution in [0.3, 0.4) is 0 Å². The van der Waals surface area contributed by atoms with Gasteiger partial charge < -0.3 is 14.4 Å². The fourth-order valence-electron chi connectivity index (χ4n) is 2.85. The van der Waals surface area contributed by atoms with E-state index in [-0.39, 0.29) is 18.6 Å². The van der Waals surface area contributed by atoms with Crippen LogP contribution >= 0.6 is 0 Å². The van der Waals surface area contributed by atoms with Gasteiger partial charge in [-0.05, 0) is 12.8 Å². The Morgan fingerprint density at radius 2 is 2.19 bits per heavy atom. The number of carbonyl (C=O) groups excluding carboxylic acids is 1. The van der Waals surface area contributed by atoms with Crippen molar-refractivity contribution in [2.45, 2.75) is 31.0 Å². The molecule has 122 valence electrons. The third-order valence-corrected chi connectivity index (χ3v) is 5.34. The number of likely N-dealkylation sites (N-methyl/N-ethyl adjacent to an activating group) is 1. The molecule has 2 aliphatic heterocycles. The predicted molar refractivity (Wildman–Crippen MR) is 77.4 cm³/mol. The Kier molecular flexibility index (Phi) is 4.92. The minimum Gasteiger partial charge on any atom is -0.371 e. The van der Waals surface area contributed by atoms with Crippen LogP contribution in [0, 0.1) is 0 Å². The molecule has 2 rings (SSSR count). The molecule has 2 fully saturated rings. The summed E-state index contributed by atoms with van der Waals surface area (Å²) in [7, 11) is 0.176. The van der Waals surface area contributed by atoms with Crippen molar-refractivity contribution in [3.8, 4) is 0 Å². The van der Waals surface area contributed by atoms with Crippen LogP contribution in [0.5, 0.6) is 0 Å². The molecule has 2 aliphatic rings. The van der Waals surface area contributed by atoms with Gasteiger partial charge in [0.05, 0.1) is 24.6 Å². The maximum atomic E-state index is 11.7. The Balaban J connectivity index is 1.90. The van der Waals surface area contributed by atoms with Crippen molar-refractivity contribution >= 4 is 15.9 Å². The SMILES string of the molecule is CN(C)C(=O)CO[C@@H]1CO[C@@]2(CCCN(S(C)(=O)=O)C2)C1. The quantitative estimate of drug-likeness (QED) is 0.709. The number of hydrogen-bond donors (Lipinski definition) is 0. The lowest BCUT2D eigenvalue weighted by Gasteiger charge is -2.38. The Morgan fingerprint density at radius 3 is 2.81 bits per heavy atom. The lowest BCUT2D eigenvalue weighted by molar-refractivity contribution is -0.135. The molecule has 8 heteroatoms. The fraction of sp³-hybridized carbons (Fsp3) is 0.923. The van der Waals surface area contributed by atoms with Gasteiger partial charge in [-0.3, -0.25) is 4.79 Å². The average molecular weight is 320 g/mol. The zero-order chi connectivity index (χ0) is 15.7. The highest BCUT2D eigenvalue weighted by atomic mass is 32.2. The lowest BCUT2D eigenvalue weighted by atomic mass is 9.90. The van der Waals surface area contributed by atoms with Crippen molar-refractivity contribution < 1.29 is 22.7 Å². The van der Waals surface area contributed by atoms with E-state index in [2.05, 4.69) is 0 Å². The van der Waals surface area contributed by atoms with Gasteiger partial charge in [0.1, 0.15) is 6.61 Å². The first-order valence-electron chi connectivity index (χ1n) is 7.13. The van der Waals surface area contributed by atoms with E-state index in [1.54, 1.807) is 14.1 Å². The largest absolute Gasteiger partial charge is 0.371 e. The number of amides is 1. The molecule has 0 saturated carbocycles. The fourth-order valence-corrected chi connectivity index (χ4v) is 3.78. The minimum atomic E-state index is -3.19. The molecule has 2 heterocycles. The highest BCUT2D eigenvalue weighted by molar-refractivity contribution is 7.88. The molecule has 1 spiro atoms. The van der Waals surface area contributed by atoms with Gasteiger partial charge in [-0.2, -0.15) is 4.31 Å². The number of piperidine rings is 1. The Morgan fingerprint density at radius 1 is 1.48 bits per heavy atom. The summed E-state index contributed by atoms with van der Waals surface area (Å²) in [5.74, 6) is -0.0858. The van der Waals surface area contributed by atoms with Crippen molar-refractivity contribution in [1.29, 1.82) is 0 Å². The van der Waals surface area contributed by atoms with Crippen LogP contribution in [0.4, 0.5) is 0 Å². The van der Waals surface area contributed by atoms with Gasteiger partial charge in [-0.1, -0.05) is 0 Å². The average Bonchev–Trinajstić information content (AvgIpc) is 2.78. The monoisotopic (exact) mass is 320 g/mol. The van der Waals surface area contributed by atoms with E-state index in [0.29, 0.717) is 26.1 Å². The van der Waals surface area contributed by atoms with E-state index in [0.717, 1.165) is 12.8 Å². The molecule has 0 aliphatic carbocycles. The summed E-state index contributed by atoms with van der Waals surface area (Å²) in [5, 5.41) is 0. The van der Waals surface area contributed by atoms with Crippen molar-refractivity contribution in [3.05, 3.63) is 0 Å². The molecule has 0 aromatic heterocycles. The number of ether oxygens (including phenoxy) is 2. The molecule has 0 N–H and O–H groups in total. The second kappa shape index (κ2) is 6.20. The molecule has 7 nitrogen and oxygen atoms in total. The third-order valence-electron chi connectivity index (χ3n) is 4.09. The van der Waals surface area contributed by atoms with E-state index in [9.17, 15) is 13.2 Å². The number of nitrogens with zero attached hydrogens (tertiary/aromatic N) is 2. The Labute approximate surface area is 126 Å². The summed E-state index contributed by atoms with van der Waals surface area (Å²) in [6.07, 6.45) is 3.34. The lowest BCUT2D eigenvalue weighted by Crippen LogP contribution is -2.49. The summed E-state index contributed by atoms with van der Waals surface area (Å²) in [5.41, 5.74) is -0.451. The standard InChI is InChI=1S/C13H24N2O5S/c1-14(2)12(16)9-19-11-7-13(20-8-11)5-4-6-15(10-13)21(3,17)18/h11H,4-10H2,1-3H3/t11-,13-/m0/s1. The van der Waals surface area contributed by atoms with Crippen LogP contribution in [0.25, 0.3) is 0 Å². The minimum absolute atomic E-state index is 0.0346. The van der Waals surface area contributed by atoms with Crippen molar-refractivity contribution in [1.82, 2.24) is 9.21 Å². The van der Waals surface area contributed by atoms with Gasteiger partial charge >= 0.3 is 0 Å². The van der Waals surface area contributed by atoms with Crippen LogP contribution in [-0.4, -0.2) is 81.9 Å². The molecule has 2 atom stereocenters. The first kappa shape index (κ1) is 16.7. The number of rotatable bonds is 4. The molecular formula is C13H24N2O5S. The summed E-state index contributed by atoms with van der Waals surface area (Å²) in [6.45, 7) is 1.38. The molecule has 0 aromatic rings. The van der Waals surface area contributed by atoms with Crippen LogP contribution in [0.1, 0.15) is 19.3 Å². The Hall–Kier alpha value is -0.700. The zero-order valence-electron chi connectivity index (χ0n) is 12.9. The summed E-state index contributed by atoms with van der Waals surface area (Å²) in [4.78, 5) is 13.0. The first-order valence-corrected chi connectivity index (χ1v) is 8.97. The zero-order valence-corrected chi connectivity index (χ0v) is 13.7. The number of carbonyl (C=O) groups is 1. The van der Waals surface area contributed by atoms with Crippen LogP contribution < -0.4 is 0 Å². The molecule has 0 bridgehead atoms. The molecule has 1 amide bonds. The van der Waals surface area contributed by atoms with Crippen molar-refractivity contribution in [2.24, 2.45) is 0 Å².